The zero-order chi connectivity index (χ0) is 19.1. The molecule has 1 N–H and O–H groups in total. The third-order valence-electron chi connectivity index (χ3n) is 3.89. The van der Waals surface area contributed by atoms with Crippen molar-refractivity contribution in [1.82, 2.24) is 15.3 Å². The van der Waals surface area contributed by atoms with Gasteiger partial charge in [0.2, 0.25) is 0 Å². The fourth-order valence-corrected chi connectivity index (χ4v) is 3.22. The molecule has 27 heavy (non-hydrogen) atoms. The quantitative estimate of drug-likeness (QED) is 0.637. The van der Waals surface area contributed by atoms with Crippen molar-refractivity contribution >= 4 is 23.2 Å². The van der Waals surface area contributed by atoms with Crippen molar-refractivity contribution < 1.29 is 14.3 Å². The van der Waals surface area contributed by atoms with Crippen molar-refractivity contribution in [2.24, 2.45) is 0 Å². The number of carbonyl (C=O) groups is 2. The molecular formula is C20H19N3O3S. The highest BCUT2D eigenvalue weighted by Gasteiger charge is 2.12. The van der Waals surface area contributed by atoms with E-state index in [0.29, 0.717) is 12.2 Å². The van der Waals surface area contributed by atoms with Gasteiger partial charge in [0.25, 0.3) is 5.91 Å². The highest BCUT2D eigenvalue weighted by atomic mass is 32.1. The van der Waals surface area contributed by atoms with Crippen LogP contribution >= 0.6 is 11.3 Å². The van der Waals surface area contributed by atoms with Gasteiger partial charge >= 0.3 is 5.97 Å². The third kappa shape index (κ3) is 5.46. The molecular weight excluding hydrogens is 362 g/mol. The number of hydrogen-bond donors (Lipinski definition) is 1. The van der Waals surface area contributed by atoms with Crippen LogP contribution < -0.4 is 5.32 Å². The molecule has 0 saturated heterocycles. The number of thiazole rings is 1. The molecule has 0 spiro atoms. The minimum atomic E-state index is -0.482. The van der Waals surface area contributed by atoms with Crippen molar-refractivity contribution in [3.05, 3.63) is 71.0 Å². The number of pyridine rings is 1. The SMILES string of the molecule is Cc1ccccc1CNC(=O)COC(=O)Cc1csc(-c2cccnc2)n1. The molecule has 1 amide bonds. The van der Waals surface area contributed by atoms with Crippen LogP contribution in [-0.2, 0) is 27.3 Å². The molecule has 0 fully saturated rings. The fraction of sp³-hybridized carbons (Fsp3) is 0.200. The molecule has 6 nitrogen and oxygen atoms in total. The standard InChI is InChI=1S/C20H19N3O3S/c1-14-5-2-3-6-15(14)11-22-18(24)12-26-19(25)9-17-13-27-20(23-17)16-7-4-8-21-10-16/h2-8,10,13H,9,11-12H2,1H3,(H,22,24). The second kappa shape index (κ2) is 9.05. The number of nitrogens with zero attached hydrogens (tertiary/aromatic N) is 2. The summed E-state index contributed by atoms with van der Waals surface area (Å²) in [5.41, 5.74) is 3.65. The number of rotatable bonds is 7. The molecule has 138 valence electrons. The normalized spacial score (nSPS) is 10.4. The van der Waals surface area contributed by atoms with Crippen LogP contribution in [-0.4, -0.2) is 28.5 Å². The van der Waals surface area contributed by atoms with Gasteiger partial charge in [-0.2, -0.15) is 0 Å². The number of hydrogen-bond acceptors (Lipinski definition) is 6. The number of aryl methyl sites for hydroxylation is 1. The number of benzene rings is 1. The maximum Gasteiger partial charge on any atom is 0.312 e. The molecule has 1 aromatic carbocycles. The van der Waals surface area contributed by atoms with Crippen molar-refractivity contribution in [2.45, 2.75) is 19.9 Å². The van der Waals surface area contributed by atoms with Crippen LogP contribution in [0.5, 0.6) is 0 Å². The van der Waals surface area contributed by atoms with Crippen LogP contribution in [0.1, 0.15) is 16.8 Å². The van der Waals surface area contributed by atoms with Gasteiger partial charge in [0.05, 0.1) is 12.1 Å². The molecule has 0 saturated carbocycles. The molecule has 3 rings (SSSR count). The Kier molecular flexibility index (Phi) is 6.27. The molecule has 0 aliphatic rings. The molecule has 7 heteroatoms. The summed E-state index contributed by atoms with van der Waals surface area (Å²) in [6, 6.07) is 11.5. The minimum absolute atomic E-state index is 0.0296. The van der Waals surface area contributed by atoms with Crippen molar-refractivity contribution in [3.8, 4) is 10.6 Å². The Bertz CT molecular complexity index is 925. The second-order valence-corrected chi connectivity index (χ2v) is 6.78. The smallest absolute Gasteiger partial charge is 0.312 e. The summed E-state index contributed by atoms with van der Waals surface area (Å²) in [4.78, 5) is 32.3. The number of aromatic nitrogens is 2. The first-order chi connectivity index (χ1) is 13.1. The van der Waals surface area contributed by atoms with Crippen molar-refractivity contribution in [3.63, 3.8) is 0 Å². The Labute approximate surface area is 161 Å². The van der Waals surface area contributed by atoms with E-state index < -0.39 is 5.97 Å². The molecule has 2 aromatic heterocycles. The van der Waals surface area contributed by atoms with E-state index in [2.05, 4.69) is 15.3 Å². The number of nitrogens with one attached hydrogen (secondary N) is 1. The van der Waals surface area contributed by atoms with E-state index >= 15 is 0 Å². The molecule has 0 aliphatic carbocycles. The van der Waals surface area contributed by atoms with E-state index in [1.807, 2.05) is 48.7 Å². The molecule has 2 heterocycles. The lowest BCUT2D eigenvalue weighted by molar-refractivity contribution is -0.147. The van der Waals surface area contributed by atoms with Gasteiger partial charge < -0.3 is 10.1 Å². The Hall–Kier alpha value is -3.06. The molecule has 0 aliphatic heterocycles. The van der Waals surface area contributed by atoms with Gasteiger partial charge in [0, 0.05) is 29.9 Å². The second-order valence-electron chi connectivity index (χ2n) is 5.93. The number of esters is 1. The summed E-state index contributed by atoms with van der Waals surface area (Å²) in [5, 5.41) is 5.35. The van der Waals surface area contributed by atoms with Crippen LogP contribution in [0, 0.1) is 6.92 Å². The summed E-state index contributed by atoms with van der Waals surface area (Å²) >= 11 is 1.44. The molecule has 0 atom stereocenters. The van der Waals surface area contributed by atoms with E-state index in [-0.39, 0.29) is 18.9 Å². The maximum absolute atomic E-state index is 11.9. The van der Waals surface area contributed by atoms with E-state index in [4.69, 9.17) is 4.74 Å². The summed E-state index contributed by atoms with van der Waals surface area (Å²) in [6.45, 7) is 2.09. The first kappa shape index (κ1) is 18.7. The van der Waals surface area contributed by atoms with Crippen LogP contribution in [0.25, 0.3) is 10.6 Å². The predicted octanol–water partition coefficient (Wildman–Crippen LogP) is 2.92. The van der Waals surface area contributed by atoms with E-state index in [0.717, 1.165) is 21.7 Å². The minimum Gasteiger partial charge on any atom is -0.455 e. The molecule has 3 aromatic rings. The number of carbonyl (C=O) groups excluding carboxylic acids is 2. The monoisotopic (exact) mass is 381 g/mol. The highest BCUT2D eigenvalue weighted by molar-refractivity contribution is 7.13. The fourth-order valence-electron chi connectivity index (χ4n) is 2.41. The van der Waals surface area contributed by atoms with Gasteiger partial charge in [-0.3, -0.25) is 14.6 Å². The van der Waals surface area contributed by atoms with Gasteiger partial charge in [-0.05, 0) is 30.2 Å². The molecule has 0 bridgehead atoms. The van der Waals surface area contributed by atoms with E-state index in [1.165, 1.54) is 11.3 Å². The highest BCUT2D eigenvalue weighted by Crippen LogP contribution is 2.22. The van der Waals surface area contributed by atoms with Crippen LogP contribution in [0.4, 0.5) is 0 Å². The lowest BCUT2D eigenvalue weighted by Gasteiger charge is -2.08. The summed E-state index contributed by atoms with van der Waals surface area (Å²) in [5.74, 6) is -0.815. The zero-order valence-corrected chi connectivity index (χ0v) is 15.7. The third-order valence-corrected chi connectivity index (χ3v) is 4.83. The Morgan fingerprint density at radius 1 is 1.19 bits per heavy atom. The largest absolute Gasteiger partial charge is 0.455 e. The van der Waals surface area contributed by atoms with Gasteiger partial charge in [0.15, 0.2) is 6.61 Å². The van der Waals surface area contributed by atoms with E-state index in [9.17, 15) is 9.59 Å². The number of ether oxygens (including phenoxy) is 1. The van der Waals surface area contributed by atoms with Gasteiger partial charge in [-0.1, -0.05) is 24.3 Å². The van der Waals surface area contributed by atoms with Gasteiger partial charge in [0.1, 0.15) is 5.01 Å². The van der Waals surface area contributed by atoms with Gasteiger partial charge in [-0.25, -0.2) is 4.98 Å². The first-order valence-electron chi connectivity index (χ1n) is 8.43. The zero-order valence-electron chi connectivity index (χ0n) is 14.8. The lowest BCUT2D eigenvalue weighted by Crippen LogP contribution is -2.28. The van der Waals surface area contributed by atoms with Crippen LogP contribution in [0.15, 0.2) is 54.2 Å². The first-order valence-corrected chi connectivity index (χ1v) is 9.31. The Balaban J connectivity index is 1.44. The van der Waals surface area contributed by atoms with Crippen LogP contribution in [0.3, 0.4) is 0 Å². The van der Waals surface area contributed by atoms with E-state index in [1.54, 1.807) is 12.4 Å². The van der Waals surface area contributed by atoms with Gasteiger partial charge in [-0.15, -0.1) is 11.3 Å². The Morgan fingerprint density at radius 2 is 2.04 bits per heavy atom. The maximum atomic E-state index is 11.9. The predicted molar refractivity (Wildman–Crippen MR) is 103 cm³/mol. The summed E-state index contributed by atoms with van der Waals surface area (Å²) in [6.07, 6.45) is 3.45. The Morgan fingerprint density at radius 3 is 2.81 bits per heavy atom. The average Bonchev–Trinajstić information content (AvgIpc) is 3.15. The average molecular weight is 381 g/mol. The topological polar surface area (TPSA) is 81.2 Å². The molecule has 0 unspecified atom stereocenters. The van der Waals surface area contributed by atoms with Crippen molar-refractivity contribution in [2.75, 3.05) is 6.61 Å². The van der Waals surface area contributed by atoms with Crippen LogP contribution in [0.2, 0.25) is 0 Å². The number of amides is 1. The van der Waals surface area contributed by atoms with Crippen molar-refractivity contribution in [1.29, 1.82) is 0 Å². The summed E-state index contributed by atoms with van der Waals surface area (Å²) in [7, 11) is 0. The lowest BCUT2D eigenvalue weighted by atomic mass is 10.1. The molecule has 0 radical (unpaired) electrons. The summed E-state index contributed by atoms with van der Waals surface area (Å²) < 4.78 is 5.04.